The fourth-order valence-corrected chi connectivity index (χ4v) is 3.46. The van der Waals surface area contributed by atoms with Gasteiger partial charge in [0, 0.05) is 49.4 Å². The van der Waals surface area contributed by atoms with E-state index >= 15 is 0 Å². The molecular weight excluding hydrogens is 368 g/mol. The molecule has 3 heterocycles. The zero-order valence-corrected chi connectivity index (χ0v) is 16.3. The number of benzene rings is 1. The number of para-hydroxylation sites is 1. The maximum atomic E-state index is 12.5. The SMILES string of the molecule is Cc1ccnn1CCC(=O)Nc1ccccc1C1NC(=O)c2cccnc2N1C. The summed E-state index contributed by atoms with van der Waals surface area (Å²) in [4.78, 5) is 31.3. The van der Waals surface area contributed by atoms with Crippen LogP contribution in [-0.2, 0) is 11.3 Å². The fourth-order valence-electron chi connectivity index (χ4n) is 3.46. The van der Waals surface area contributed by atoms with Gasteiger partial charge in [-0.15, -0.1) is 0 Å². The highest BCUT2D eigenvalue weighted by Gasteiger charge is 2.31. The van der Waals surface area contributed by atoms with Crippen LogP contribution >= 0.6 is 0 Å². The molecule has 0 bridgehead atoms. The first-order valence-corrected chi connectivity index (χ1v) is 9.40. The van der Waals surface area contributed by atoms with Crippen molar-refractivity contribution in [2.45, 2.75) is 26.1 Å². The molecule has 0 aliphatic carbocycles. The Labute approximate surface area is 168 Å². The molecule has 8 nitrogen and oxygen atoms in total. The zero-order valence-electron chi connectivity index (χ0n) is 16.3. The maximum Gasteiger partial charge on any atom is 0.256 e. The first kappa shape index (κ1) is 18.7. The van der Waals surface area contributed by atoms with Crippen LogP contribution < -0.4 is 15.5 Å². The van der Waals surface area contributed by atoms with Gasteiger partial charge in [0.25, 0.3) is 5.91 Å². The molecular formula is C21H22N6O2. The highest BCUT2D eigenvalue weighted by Crippen LogP contribution is 2.33. The Morgan fingerprint density at radius 3 is 2.79 bits per heavy atom. The molecule has 1 aliphatic heterocycles. The molecule has 4 rings (SSSR count). The van der Waals surface area contributed by atoms with Gasteiger partial charge in [-0.1, -0.05) is 18.2 Å². The minimum absolute atomic E-state index is 0.115. The lowest BCUT2D eigenvalue weighted by Crippen LogP contribution is -2.45. The van der Waals surface area contributed by atoms with E-state index in [0.717, 1.165) is 11.3 Å². The summed E-state index contributed by atoms with van der Waals surface area (Å²) in [5.74, 6) is 0.304. The molecule has 0 saturated carbocycles. The van der Waals surface area contributed by atoms with Crippen molar-refractivity contribution in [3.8, 4) is 0 Å². The van der Waals surface area contributed by atoms with Crippen LogP contribution in [0, 0.1) is 6.92 Å². The van der Waals surface area contributed by atoms with Crippen molar-refractivity contribution in [1.82, 2.24) is 20.1 Å². The quantitative estimate of drug-likeness (QED) is 0.698. The Morgan fingerprint density at radius 2 is 2.00 bits per heavy atom. The van der Waals surface area contributed by atoms with E-state index in [1.54, 1.807) is 29.2 Å². The van der Waals surface area contributed by atoms with E-state index in [2.05, 4.69) is 20.7 Å². The lowest BCUT2D eigenvalue weighted by atomic mass is 10.0. The Morgan fingerprint density at radius 1 is 1.17 bits per heavy atom. The van der Waals surface area contributed by atoms with Crippen molar-refractivity contribution in [1.29, 1.82) is 0 Å². The van der Waals surface area contributed by atoms with Crippen molar-refractivity contribution in [3.05, 3.63) is 71.7 Å². The predicted molar refractivity (Wildman–Crippen MR) is 109 cm³/mol. The molecule has 1 atom stereocenters. The van der Waals surface area contributed by atoms with Crippen molar-refractivity contribution >= 4 is 23.3 Å². The molecule has 1 unspecified atom stereocenters. The van der Waals surface area contributed by atoms with E-state index in [9.17, 15) is 9.59 Å². The van der Waals surface area contributed by atoms with Gasteiger partial charge in [0.05, 0.1) is 5.56 Å². The van der Waals surface area contributed by atoms with Crippen LogP contribution in [0.25, 0.3) is 0 Å². The predicted octanol–water partition coefficient (Wildman–Crippen LogP) is 2.49. The number of hydrogen-bond acceptors (Lipinski definition) is 5. The molecule has 0 saturated heterocycles. The number of carbonyl (C=O) groups excluding carboxylic acids is 2. The van der Waals surface area contributed by atoms with Crippen LogP contribution in [0.2, 0.25) is 0 Å². The summed E-state index contributed by atoms with van der Waals surface area (Å²) < 4.78 is 1.79. The second-order valence-corrected chi connectivity index (χ2v) is 6.94. The Balaban J connectivity index is 1.53. The molecule has 0 radical (unpaired) electrons. The minimum atomic E-state index is -0.435. The summed E-state index contributed by atoms with van der Waals surface area (Å²) in [6.45, 7) is 2.46. The van der Waals surface area contributed by atoms with Gasteiger partial charge >= 0.3 is 0 Å². The van der Waals surface area contributed by atoms with Gasteiger partial charge in [0.15, 0.2) is 0 Å². The van der Waals surface area contributed by atoms with E-state index in [-0.39, 0.29) is 11.8 Å². The first-order valence-electron chi connectivity index (χ1n) is 9.40. The third kappa shape index (κ3) is 3.69. The smallest absolute Gasteiger partial charge is 0.256 e. The minimum Gasteiger partial charge on any atom is -0.335 e. The van der Waals surface area contributed by atoms with E-state index in [0.29, 0.717) is 30.0 Å². The second-order valence-electron chi connectivity index (χ2n) is 6.94. The molecule has 1 aliphatic rings. The van der Waals surface area contributed by atoms with Crippen LogP contribution in [0.1, 0.15) is 34.2 Å². The molecule has 0 spiro atoms. The van der Waals surface area contributed by atoms with Crippen molar-refractivity contribution in [3.63, 3.8) is 0 Å². The van der Waals surface area contributed by atoms with Gasteiger partial charge < -0.3 is 15.5 Å². The topological polar surface area (TPSA) is 92.2 Å². The zero-order chi connectivity index (χ0) is 20.4. The number of nitrogens with one attached hydrogen (secondary N) is 2. The number of nitrogens with zero attached hydrogens (tertiary/aromatic N) is 4. The lowest BCUT2D eigenvalue weighted by molar-refractivity contribution is -0.116. The second kappa shape index (κ2) is 7.75. The molecule has 1 aromatic carbocycles. The summed E-state index contributed by atoms with van der Waals surface area (Å²) >= 11 is 0. The first-order chi connectivity index (χ1) is 14.0. The number of aryl methyl sites for hydroxylation is 2. The van der Waals surface area contributed by atoms with Crippen molar-refractivity contribution in [2.24, 2.45) is 0 Å². The summed E-state index contributed by atoms with van der Waals surface area (Å²) in [5, 5.41) is 10.2. The van der Waals surface area contributed by atoms with E-state index in [1.165, 1.54) is 0 Å². The number of carbonyl (C=O) groups is 2. The van der Waals surface area contributed by atoms with Crippen molar-refractivity contribution < 1.29 is 9.59 Å². The average Bonchev–Trinajstić information content (AvgIpc) is 3.14. The Bertz CT molecular complexity index is 1060. The number of anilines is 2. The van der Waals surface area contributed by atoms with Crippen LogP contribution in [0.3, 0.4) is 0 Å². The third-order valence-corrected chi connectivity index (χ3v) is 5.03. The number of hydrogen-bond donors (Lipinski definition) is 2. The molecule has 8 heteroatoms. The summed E-state index contributed by atoms with van der Waals surface area (Å²) in [6, 6.07) is 12.8. The summed E-state index contributed by atoms with van der Waals surface area (Å²) in [7, 11) is 1.87. The summed E-state index contributed by atoms with van der Waals surface area (Å²) in [5.41, 5.74) is 2.99. The van der Waals surface area contributed by atoms with Gasteiger partial charge in [0.1, 0.15) is 12.0 Å². The molecule has 2 amide bonds. The van der Waals surface area contributed by atoms with Crippen LogP contribution in [0.15, 0.2) is 54.9 Å². The molecule has 29 heavy (non-hydrogen) atoms. The highest BCUT2D eigenvalue weighted by molar-refractivity contribution is 6.01. The molecule has 2 aromatic heterocycles. The largest absolute Gasteiger partial charge is 0.335 e. The monoisotopic (exact) mass is 390 g/mol. The lowest BCUT2D eigenvalue weighted by Gasteiger charge is -2.36. The fraction of sp³-hybridized carbons (Fsp3) is 0.238. The number of rotatable bonds is 5. The molecule has 0 fully saturated rings. The number of amides is 2. The highest BCUT2D eigenvalue weighted by atomic mass is 16.2. The normalized spacial score (nSPS) is 15.6. The third-order valence-electron chi connectivity index (χ3n) is 5.03. The Kier molecular flexibility index (Phi) is 4.99. The van der Waals surface area contributed by atoms with Gasteiger partial charge in [-0.2, -0.15) is 5.10 Å². The standard InChI is InChI=1S/C21H22N6O2/c1-14-9-12-23-27(14)13-10-18(28)24-17-8-4-3-6-15(17)20-25-21(29)16-7-5-11-22-19(16)26(20)2/h3-9,11-12,20H,10,13H2,1-2H3,(H,24,28)(H,25,29). The number of aromatic nitrogens is 3. The number of fused-ring (bicyclic) bond motifs is 1. The van der Waals surface area contributed by atoms with E-state index in [1.807, 2.05) is 49.2 Å². The van der Waals surface area contributed by atoms with Gasteiger partial charge in [-0.3, -0.25) is 14.3 Å². The molecule has 148 valence electrons. The average molecular weight is 390 g/mol. The number of pyridine rings is 1. The van der Waals surface area contributed by atoms with Gasteiger partial charge in [0.2, 0.25) is 5.91 Å². The van der Waals surface area contributed by atoms with Crippen LogP contribution in [0.5, 0.6) is 0 Å². The van der Waals surface area contributed by atoms with Crippen LogP contribution in [-0.4, -0.2) is 33.6 Å². The van der Waals surface area contributed by atoms with Gasteiger partial charge in [-0.05, 0) is 31.2 Å². The van der Waals surface area contributed by atoms with Gasteiger partial charge in [-0.25, -0.2) is 4.98 Å². The molecule has 3 aromatic rings. The van der Waals surface area contributed by atoms with Crippen LogP contribution in [0.4, 0.5) is 11.5 Å². The summed E-state index contributed by atoms with van der Waals surface area (Å²) in [6.07, 6.45) is 3.25. The maximum absolute atomic E-state index is 12.5. The van der Waals surface area contributed by atoms with E-state index < -0.39 is 6.17 Å². The Hall–Kier alpha value is -3.68. The van der Waals surface area contributed by atoms with Crippen molar-refractivity contribution in [2.75, 3.05) is 17.3 Å². The van der Waals surface area contributed by atoms with E-state index in [4.69, 9.17) is 0 Å². The molecule has 2 N–H and O–H groups in total.